The number of carbonyl (C=O) groups is 3. The third-order valence-electron chi connectivity index (χ3n) is 4.71. The van der Waals surface area contributed by atoms with Crippen molar-refractivity contribution in [2.45, 2.75) is 19.9 Å². The minimum absolute atomic E-state index is 0.0881. The molecule has 0 aliphatic rings. The lowest BCUT2D eigenvalue weighted by atomic mass is 10.0. The fraction of sp³-hybridized carbons (Fsp3) is 0.208. The van der Waals surface area contributed by atoms with Crippen LogP contribution >= 0.6 is 0 Å². The highest BCUT2D eigenvalue weighted by Gasteiger charge is 2.28. The molecule has 1 amide bonds. The summed E-state index contributed by atoms with van der Waals surface area (Å²) in [6.45, 7) is 3.61. The predicted octanol–water partition coefficient (Wildman–Crippen LogP) is 3.99. The normalized spacial score (nSPS) is 11.7. The van der Waals surface area contributed by atoms with Crippen LogP contribution in [0.25, 0.3) is 10.8 Å². The number of benzene rings is 3. The van der Waals surface area contributed by atoms with Gasteiger partial charge in [0, 0.05) is 5.56 Å². The molecule has 6 nitrogen and oxygen atoms in total. The minimum Gasteiger partial charge on any atom is -0.465 e. The largest absolute Gasteiger partial charge is 0.465 e. The van der Waals surface area contributed by atoms with Gasteiger partial charge in [0.2, 0.25) is 0 Å². The van der Waals surface area contributed by atoms with Crippen LogP contribution in [0.1, 0.15) is 34.6 Å². The maximum atomic E-state index is 12.9. The molecule has 0 heterocycles. The van der Waals surface area contributed by atoms with E-state index in [4.69, 9.17) is 9.47 Å². The van der Waals surface area contributed by atoms with Gasteiger partial charge in [0.15, 0.2) is 0 Å². The quantitative estimate of drug-likeness (QED) is 0.495. The zero-order chi connectivity index (χ0) is 21.7. The van der Waals surface area contributed by atoms with Crippen molar-refractivity contribution < 1.29 is 23.9 Å². The van der Waals surface area contributed by atoms with E-state index >= 15 is 0 Å². The van der Waals surface area contributed by atoms with Crippen LogP contribution in [0.4, 0.5) is 0 Å². The van der Waals surface area contributed by atoms with E-state index in [0.29, 0.717) is 5.56 Å². The van der Waals surface area contributed by atoms with Gasteiger partial charge in [0.1, 0.15) is 17.4 Å². The molecule has 0 saturated carbocycles. The highest BCUT2D eigenvalue weighted by atomic mass is 16.5. The van der Waals surface area contributed by atoms with E-state index in [0.717, 1.165) is 10.8 Å². The van der Waals surface area contributed by atoms with Gasteiger partial charge in [-0.2, -0.15) is 0 Å². The first-order valence-electron chi connectivity index (χ1n) is 9.59. The van der Waals surface area contributed by atoms with Crippen molar-refractivity contribution in [1.82, 2.24) is 5.32 Å². The van der Waals surface area contributed by atoms with Gasteiger partial charge in [-0.15, -0.1) is 0 Å². The maximum Gasteiger partial charge on any atom is 0.341 e. The average molecular weight is 405 g/mol. The molecule has 1 N–H and O–H groups in total. The molecule has 3 aromatic carbocycles. The van der Waals surface area contributed by atoms with Crippen LogP contribution in [0.15, 0.2) is 66.7 Å². The number of esters is 2. The Labute approximate surface area is 174 Å². The number of nitrogens with one attached hydrogen (secondary N) is 1. The summed E-state index contributed by atoms with van der Waals surface area (Å²) in [6.07, 6.45) is 0. The third-order valence-corrected chi connectivity index (χ3v) is 4.71. The van der Waals surface area contributed by atoms with E-state index in [9.17, 15) is 14.4 Å². The summed E-state index contributed by atoms with van der Waals surface area (Å²) in [5.74, 6) is -1.79. The number of amides is 1. The topological polar surface area (TPSA) is 81.7 Å². The van der Waals surface area contributed by atoms with Crippen LogP contribution in [0.5, 0.6) is 5.75 Å². The van der Waals surface area contributed by atoms with Gasteiger partial charge >= 0.3 is 11.9 Å². The molecule has 0 bridgehead atoms. The Morgan fingerprint density at radius 1 is 0.867 bits per heavy atom. The molecule has 154 valence electrons. The van der Waals surface area contributed by atoms with Crippen LogP contribution in [0, 0.1) is 5.92 Å². The van der Waals surface area contributed by atoms with Crippen molar-refractivity contribution >= 4 is 28.6 Å². The molecule has 30 heavy (non-hydrogen) atoms. The summed E-state index contributed by atoms with van der Waals surface area (Å²) in [5, 5.41) is 4.35. The molecule has 0 radical (unpaired) electrons. The van der Waals surface area contributed by atoms with Crippen molar-refractivity contribution in [2.24, 2.45) is 5.92 Å². The fourth-order valence-electron chi connectivity index (χ4n) is 3.06. The maximum absolute atomic E-state index is 12.9. The molecule has 0 aliphatic heterocycles. The molecular formula is C24H23NO5. The molecular weight excluding hydrogens is 382 g/mol. The number of fused-ring (bicyclic) bond motifs is 1. The minimum atomic E-state index is -0.894. The summed E-state index contributed by atoms with van der Waals surface area (Å²) >= 11 is 0. The first-order chi connectivity index (χ1) is 14.4. The molecule has 0 aromatic heterocycles. The van der Waals surface area contributed by atoms with Gasteiger partial charge in [-0.05, 0) is 41.0 Å². The smallest absolute Gasteiger partial charge is 0.341 e. The standard InChI is InChI=1S/C24H23NO5/c1-15(2)21(25-22(26)16-9-5-4-6-10-16)24(28)30-20-14-18-12-8-7-11-17(18)13-19(20)23(27)29-3/h4-15,21H,1-3H3,(H,25,26)/t21-/m0/s1. The van der Waals surface area contributed by atoms with Crippen molar-refractivity contribution in [2.75, 3.05) is 7.11 Å². The summed E-state index contributed by atoms with van der Waals surface area (Å²) in [4.78, 5) is 37.7. The Bertz CT molecular complexity index is 1080. The summed E-state index contributed by atoms with van der Waals surface area (Å²) in [7, 11) is 1.26. The summed E-state index contributed by atoms with van der Waals surface area (Å²) in [6, 6.07) is 18.4. The van der Waals surface area contributed by atoms with Crippen LogP contribution in [-0.2, 0) is 9.53 Å². The third kappa shape index (κ3) is 4.66. The number of hydrogen-bond acceptors (Lipinski definition) is 5. The summed E-state index contributed by atoms with van der Waals surface area (Å²) < 4.78 is 10.4. The second kappa shape index (κ2) is 9.22. The first kappa shape index (κ1) is 21.0. The monoisotopic (exact) mass is 405 g/mol. The lowest BCUT2D eigenvalue weighted by molar-refractivity contribution is -0.137. The second-order valence-corrected chi connectivity index (χ2v) is 7.17. The fourth-order valence-corrected chi connectivity index (χ4v) is 3.06. The molecule has 0 spiro atoms. The van der Waals surface area contributed by atoms with Crippen LogP contribution in [0.2, 0.25) is 0 Å². The average Bonchev–Trinajstić information content (AvgIpc) is 2.76. The lowest BCUT2D eigenvalue weighted by Crippen LogP contribution is -2.46. The Kier molecular flexibility index (Phi) is 6.47. The second-order valence-electron chi connectivity index (χ2n) is 7.17. The Balaban J connectivity index is 1.89. The number of methoxy groups -OCH3 is 1. The van der Waals surface area contributed by atoms with E-state index in [1.165, 1.54) is 7.11 Å². The van der Waals surface area contributed by atoms with E-state index in [-0.39, 0.29) is 23.1 Å². The van der Waals surface area contributed by atoms with E-state index in [1.54, 1.807) is 56.3 Å². The Morgan fingerprint density at radius 3 is 2.07 bits per heavy atom. The van der Waals surface area contributed by atoms with Crippen molar-refractivity contribution in [3.8, 4) is 5.75 Å². The van der Waals surface area contributed by atoms with Crippen LogP contribution in [-0.4, -0.2) is 31.0 Å². The molecule has 6 heteroatoms. The van der Waals surface area contributed by atoms with Gasteiger partial charge in [-0.25, -0.2) is 9.59 Å². The first-order valence-corrected chi connectivity index (χ1v) is 9.59. The van der Waals surface area contributed by atoms with Gasteiger partial charge in [-0.1, -0.05) is 56.3 Å². The molecule has 0 aliphatic carbocycles. The number of rotatable bonds is 6. The molecule has 3 aromatic rings. The number of hydrogen-bond donors (Lipinski definition) is 1. The van der Waals surface area contributed by atoms with E-state index < -0.39 is 18.0 Å². The van der Waals surface area contributed by atoms with Gasteiger partial charge in [-0.3, -0.25) is 4.79 Å². The zero-order valence-corrected chi connectivity index (χ0v) is 17.0. The Hall–Kier alpha value is -3.67. The van der Waals surface area contributed by atoms with Gasteiger partial charge < -0.3 is 14.8 Å². The van der Waals surface area contributed by atoms with Crippen molar-refractivity contribution in [3.05, 3.63) is 77.9 Å². The number of ether oxygens (including phenoxy) is 2. The van der Waals surface area contributed by atoms with Crippen molar-refractivity contribution in [1.29, 1.82) is 0 Å². The molecule has 0 fully saturated rings. The highest BCUT2D eigenvalue weighted by Crippen LogP contribution is 2.27. The molecule has 3 rings (SSSR count). The van der Waals surface area contributed by atoms with Gasteiger partial charge in [0.25, 0.3) is 5.91 Å². The van der Waals surface area contributed by atoms with E-state index in [1.807, 2.05) is 24.3 Å². The SMILES string of the molecule is COC(=O)c1cc2ccccc2cc1OC(=O)[C@@H](NC(=O)c1ccccc1)C(C)C. The number of carbonyl (C=O) groups excluding carboxylic acids is 3. The van der Waals surface area contributed by atoms with Crippen molar-refractivity contribution in [3.63, 3.8) is 0 Å². The Morgan fingerprint density at radius 2 is 1.47 bits per heavy atom. The van der Waals surface area contributed by atoms with Crippen LogP contribution in [0.3, 0.4) is 0 Å². The molecule has 0 unspecified atom stereocenters. The zero-order valence-electron chi connectivity index (χ0n) is 17.0. The van der Waals surface area contributed by atoms with Gasteiger partial charge in [0.05, 0.1) is 7.11 Å². The van der Waals surface area contributed by atoms with E-state index in [2.05, 4.69) is 5.32 Å². The predicted molar refractivity (Wildman–Crippen MR) is 113 cm³/mol. The van der Waals surface area contributed by atoms with Crippen LogP contribution < -0.4 is 10.1 Å². The lowest BCUT2D eigenvalue weighted by Gasteiger charge is -2.21. The molecule has 1 atom stereocenters. The highest BCUT2D eigenvalue weighted by molar-refractivity contribution is 6.00. The summed E-state index contributed by atoms with van der Waals surface area (Å²) in [5.41, 5.74) is 0.582. The molecule has 0 saturated heterocycles.